The second-order valence-electron chi connectivity index (χ2n) is 9.32. The number of carboxylic acid groups (broad SMARTS) is 1. The molecule has 3 N–H and O–H groups in total. The first-order chi connectivity index (χ1) is 19.3. The van der Waals surface area contributed by atoms with Gasteiger partial charge in [0.25, 0.3) is 0 Å². The zero-order valence-corrected chi connectivity index (χ0v) is 22.3. The van der Waals surface area contributed by atoms with Crippen LogP contribution < -0.4 is 0 Å². The number of aliphatic carboxylic acids is 1. The molecule has 0 spiro atoms. The summed E-state index contributed by atoms with van der Waals surface area (Å²) < 4.78 is 70.7. The van der Waals surface area contributed by atoms with Gasteiger partial charge in [0.2, 0.25) is 0 Å². The van der Waals surface area contributed by atoms with Crippen molar-refractivity contribution in [3.63, 3.8) is 0 Å². The number of rotatable bonds is 6. The number of aromatic amines is 1. The number of hydrogen-bond donors (Lipinski definition) is 3. The number of alkyl halides is 6. The third kappa shape index (κ3) is 8.06. The number of hydrogen-bond acceptors (Lipinski definition) is 6. The number of carbonyl (C=O) groups is 1. The zero-order chi connectivity index (χ0) is 29.8. The van der Waals surface area contributed by atoms with Crippen molar-refractivity contribution in [1.82, 2.24) is 19.8 Å². The van der Waals surface area contributed by atoms with Gasteiger partial charge in [-0.25, -0.2) is 9.78 Å². The maximum atomic E-state index is 13.0. The molecule has 0 aliphatic carbocycles. The summed E-state index contributed by atoms with van der Waals surface area (Å²) in [5, 5.41) is 16.2. The van der Waals surface area contributed by atoms with E-state index >= 15 is 0 Å². The quantitative estimate of drug-likeness (QED) is 0.245. The van der Waals surface area contributed by atoms with Gasteiger partial charge < -0.3 is 15.2 Å². The van der Waals surface area contributed by atoms with Crippen LogP contribution in [-0.2, 0) is 17.5 Å². The molecule has 3 heterocycles. The van der Waals surface area contributed by atoms with Crippen molar-refractivity contribution in [3.8, 4) is 21.1 Å². The molecule has 0 unspecified atom stereocenters. The van der Waals surface area contributed by atoms with E-state index < -0.39 is 23.9 Å². The molecule has 0 saturated carbocycles. The number of carboxylic acids is 1. The van der Waals surface area contributed by atoms with E-state index in [0.717, 1.165) is 66.7 Å². The van der Waals surface area contributed by atoms with Gasteiger partial charge in [-0.1, -0.05) is 24.3 Å². The maximum Gasteiger partial charge on any atom is 0.490 e. The number of aromatic nitrogens is 2. The number of aliphatic hydroxyl groups is 1. The lowest BCUT2D eigenvalue weighted by Crippen LogP contribution is -2.46. The normalized spacial score (nSPS) is 15.1. The Hall–Kier alpha value is -3.46. The van der Waals surface area contributed by atoms with Crippen LogP contribution in [0.25, 0.3) is 32.2 Å². The van der Waals surface area contributed by atoms with E-state index in [-0.39, 0.29) is 6.61 Å². The van der Waals surface area contributed by atoms with Gasteiger partial charge >= 0.3 is 18.3 Å². The van der Waals surface area contributed by atoms with Gasteiger partial charge in [-0.2, -0.15) is 26.3 Å². The first-order valence-electron chi connectivity index (χ1n) is 12.5. The van der Waals surface area contributed by atoms with E-state index in [0.29, 0.717) is 16.9 Å². The number of thiophene rings is 1. The highest BCUT2D eigenvalue weighted by Gasteiger charge is 2.38. The molecule has 220 valence electrons. The molecule has 41 heavy (non-hydrogen) atoms. The fourth-order valence-electron chi connectivity index (χ4n) is 4.27. The first-order valence-corrected chi connectivity index (χ1v) is 13.3. The molecule has 0 atom stereocenters. The highest BCUT2D eigenvalue weighted by Crippen LogP contribution is 2.35. The molecular weight excluding hydrogens is 574 g/mol. The summed E-state index contributed by atoms with van der Waals surface area (Å²) in [6.45, 7) is 5.82. The maximum absolute atomic E-state index is 13.0. The molecule has 2 aromatic heterocycles. The number of imidazole rings is 1. The summed E-state index contributed by atoms with van der Waals surface area (Å²) in [6, 6.07) is 16.0. The summed E-state index contributed by atoms with van der Waals surface area (Å²) in [5.74, 6) is -2.19. The topological polar surface area (TPSA) is 92.7 Å². The van der Waals surface area contributed by atoms with E-state index in [1.807, 2.05) is 12.1 Å². The van der Waals surface area contributed by atoms with Crippen LogP contribution in [-0.4, -0.2) is 81.5 Å². The van der Waals surface area contributed by atoms with E-state index in [1.165, 1.54) is 11.6 Å². The van der Waals surface area contributed by atoms with Crippen molar-refractivity contribution < 1.29 is 41.4 Å². The van der Waals surface area contributed by atoms with Gasteiger partial charge in [0.15, 0.2) is 0 Å². The average Bonchev–Trinajstić information content (AvgIpc) is 3.57. The van der Waals surface area contributed by atoms with Gasteiger partial charge in [-0.15, -0.1) is 11.3 Å². The van der Waals surface area contributed by atoms with Gasteiger partial charge in [0.05, 0.1) is 28.1 Å². The molecule has 2 aromatic carbocycles. The Balaban J connectivity index is 0.000000493. The molecule has 0 amide bonds. The molecule has 1 aliphatic heterocycles. The van der Waals surface area contributed by atoms with Crippen LogP contribution >= 0.6 is 11.3 Å². The minimum Gasteiger partial charge on any atom is -0.475 e. The lowest BCUT2D eigenvalue weighted by Gasteiger charge is -2.34. The number of H-pyrrole nitrogens is 1. The Morgan fingerprint density at radius 3 is 2.10 bits per heavy atom. The monoisotopic (exact) mass is 600 g/mol. The number of β-amino-alcohol motifs (C(OH)–C–C–N with tert-alkyl or cyclic N) is 1. The van der Waals surface area contributed by atoms with Crippen molar-refractivity contribution in [2.24, 2.45) is 0 Å². The summed E-state index contributed by atoms with van der Waals surface area (Å²) in [6.07, 6.45) is -9.46. The van der Waals surface area contributed by atoms with E-state index in [9.17, 15) is 26.3 Å². The predicted molar refractivity (Wildman–Crippen MR) is 142 cm³/mol. The summed E-state index contributed by atoms with van der Waals surface area (Å²) in [5.41, 5.74) is 2.56. The number of nitrogens with zero attached hydrogens (tertiary/aromatic N) is 3. The zero-order valence-electron chi connectivity index (χ0n) is 21.5. The number of piperazine rings is 1. The molecule has 1 aliphatic rings. The van der Waals surface area contributed by atoms with Crippen LogP contribution in [0.15, 0.2) is 54.6 Å². The van der Waals surface area contributed by atoms with E-state index in [4.69, 9.17) is 15.0 Å². The van der Waals surface area contributed by atoms with Crippen molar-refractivity contribution >= 4 is 28.3 Å². The van der Waals surface area contributed by atoms with E-state index in [2.05, 4.69) is 44.0 Å². The Morgan fingerprint density at radius 2 is 1.51 bits per heavy atom. The van der Waals surface area contributed by atoms with E-state index in [1.54, 1.807) is 11.3 Å². The molecule has 1 fully saturated rings. The van der Waals surface area contributed by atoms with Crippen LogP contribution in [0.5, 0.6) is 0 Å². The van der Waals surface area contributed by atoms with Gasteiger partial charge in [0, 0.05) is 44.1 Å². The van der Waals surface area contributed by atoms with Crippen LogP contribution in [0.3, 0.4) is 0 Å². The van der Waals surface area contributed by atoms with Gasteiger partial charge in [0.1, 0.15) is 5.82 Å². The fraction of sp³-hybridized carbons (Fsp3) is 0.333. The highest BCUT2D eigenvalue weighted by molar-refractivity contribution is 7.18. The number of benzene rings is 2. The number of halogens is 6. The first kappa shape index (κ1) is 30.5. The van der Waals surface area contributed by atoms with Gasteiger partial charge in [-0.05, 0) is 41.5 Å². The van der Waals surface area contributed by atoms with Crippen LogP contribution in [0.2, 0.25) is 0 Å². The average molecular weight is 601 g/mol. The smallest absolute Gasteiger partial charge is 0.475 e. The predicted octanol–water partition coefficient (Wildman–Crippen LogP) is 5.72. The highest BCUT2D eigenvalue weighted by atomic mass is 32.1. The minimum atomic E-state index is -5.08. The largest absolute Gasteiger partial charge is 0.490 e. The Kier molecular flexibility index (Phi) is 9.37. The fourth-order valence-corrected chi connectivity index (χ4v) is 5.22. The van der Waals surface area contributed by atoms with Crippen LogP contribution in [0, 0.1) is 0 Å². The van der Waals surface area contributed by atoms with Crippen molar-refractivity contribution in [2.45, 2.75) is 18.9 Å². The van der Waals surface area contributed by atoms with Crippen molar-refractivity contribution in [2.75, 3.05) is 39.3 Å². The third-order valence-corrected chi connectivity index (χ3v) is 7.56. The Labute approximate surface area is 234 Å². The minimum absolute atomic E-state index is 0.210. The summed E-state index contributed by atoms with van der Waals surface area (Å²) in [4.78, 5) is 23.1. The molecule has 7 nitrogen and oxygen atoms in total. The lowest BCUT2D eigenvalue weighted by atomic mass is 10.1. The third-order valence-electron chi connectivity index (χ3n) is 6.42. The standard InChI is InChI=1S/C25H25F3N4OS.C2HF3O2/c26-25(27,28)19-5-6-20-21(15-19)30-24(29-20)23-8-7-22(34-23)18-3-1-17(2-4-18)16-32-11-9-31(10-12-32)13-14-33;3-2(4,5)1(6)7/h1-8,15,33H,9-14,16H2,(H,29,30);(H,6,7). The Bertz CT molecular complexity index is 1460. The van der Waals surface area contributed by atoms with Crippen LogP contribution in [0.4, 0.5) is 26.3 Å². The molecule has 0 bridgehead atoms. The molecule has 0 radical (unpaired) electrons. The Morgan fingerprint density at radius 1 is 0.902 bits per heavy atom. The van der Waals surface area contributed by atoms with Crippen molar-refractivity contribution in [3.05, 3.63) is 65.7 Å². The molecule has 5 rings (SSSR count). The SMILES string of the molecule is O=C(O)C(F)(F)F.OCCN1CCN(Cc2ccc(-c3ccc(-c4nc5ccc(C(F)(F)F)cc5[nH]4)s3)cc2)CC1. The van der Waals surface area contributed by atoms with Crippen LogP contribution in [0.1, 0.15) is 11.1 Å². The van der Waals surface area contributed by atoms with Gasteiger partial charge in [-0.3, -0.25) is 9.80 Å². The molecular formula is C27H26F6N4O3S. The number of aliphatic hydroxyl groups excluding tert-OH is 1. The second-order valence-corrected chi connectivity index (χ2v) is 10.4. The van der Waals surface area contributed by atoms with Crippen molar-refractivity contribution in [1.29, 1.82) is 0 Å². The molecule has 14 heteroatoms. The molecule has 1 saturated heterocycles. The summed E-state index contributed by atoms with van der Waals surface area (Å²) in [7, 11) is 0. The lowest BCUT2D eigenvalue weighted by molar-refractivity contribution is -0.192. The number of nitrogens with one attached hydrogen (secondary N) is 1. The summed E-state index contributed by atoms with van der Waals surface area (Å²) >= 11 is 1.56. The second kappa shape index (κ2) is 12.6. The molecule has 4 aromatic rings. The number of fused-ring (bicyclic) bond motifs is 1.